The monoisotopic (exact) mass is 699 g/mol. The van der Waals surface area contributed by atoms with Gasteiger partial charge in [-0.05, 0) is 66.0 Å². The van der Waals surface area contributed by atoms with Gasteiger partial charge in [-0.3, -0.25) is 4.57 Å². The van der Waals surface area contributed by atoms with Gasteiger partial charge < -0.3 is 8.97 Å². The molecule has 0 aliphatic heterocycles. The Morgan fingerprint density at radius 1 is 0.345 bits per heavy atom. The van der Waals surface area contributed by atoms with E-state index in [-0.39, 0.29) is 0 Å². The molecule has 0 radical (unpaired) electrons. The normalized spacial score (nSPS) is 12.4. The molecule has 13 rings (SSSR count). The van der Waals surface area contributed by atoms with Crippen molar-refractivity contribution >= 4 is 92.7 Å². The second-order valence-corrected chi connectivity index (χ2v) is 14.6. The molecule has 0 unspecified atom stereocenters. The Balaban J connectivity index is 1.20. The van der Waals surface area contributed by atoms with Crippen molar-refractivity contribution in [1.29, 1.82) is 0 Å². The topological polar surface area (TPSA) is 40.0 Å². The van der Waals surface area contributed by atoms with Crippen LogP contribution in [0.3, 0.4) is 0 Å². The lowest BCUT2D eigenvalue weighted by Gasteiger charge is -2.15. The van der Waals surface area contributed by atoms with Crippen molar-refractivity contribution in [3.63, 3.8) is 0 Å². The van der Waals surface area contributed by atoms with Crippen LogP contribution in [0.15, 0.2) is 176 Å². The second-order valence-electron chi connectivity index (χ2n) is 14.6. The summed E-state index contributed by atoms with van der Waals surface area (Å²) in [6.45, 7) is 0. The van der Waals surface area contributed by atoms with E-state index < -0.39 is 0 Å². The highest BCUT2D eigenvalue weighted by atomic mass is 15.1. The lowest BCUT2D eigenvalue weighted by Crippen LogP contribution is -2.04. The van der Waals surface area contributed by atoms with Crippen molar-refractivity contribution in [3.8, 4) is 22.8 Å². The summed E-state index contributed by atoms with van der Waals surface area (Å²) in [5.41, 5.74) is 12.9. The van der Waals surface area contributed by atoms with Crippen LogP contribution in [0.4, 0.5) is 0 Å². The highest BCUT2D eigenvalue weighted by molar-refractivity contribution is 6.33. The fourth-order valence-corrected chi connectivity index (χ4v) is 9.51. The predicted molar refractivity (Wildman–Crippen MR) is 228 cm³/mol. The first-order valence-corrected chi connectivity index (χ1v) is 18.8. The summed E-state index contributed by atoms with van der Waals surface area (Å²) in [6, 6.07) is 63.3. The second kappa shape index (κ2) is 10.6. The minimum atomic E-state index is 0.813. The van der Waals surface area contributed by atoms with Gasteiger partial charge in [0, 0.05) is 49.0 Å². The quantitative estimate of drug-likeness (QED) is 0.184. The van der Waals surface area contributed by atoms with E-state index in [1.165, 1.54) is 65.2 Å². The highest BCUT2D eigenvalue weighted by Crippen LogP contribution is 2.46. The van der Waals surface area contributed by atoms with Crippen LogP contribution in [0.5, 0.6) is 0 Å². The van der Waals surface area contributed by atoms with Crippen LogP contribution in [0.2, 0.25) is 0 Å². The molecule has 13 aromatic rings. The van der Waals surface area contributed by atoms with Gasteiger partial charge in [0.1, 0.15) is 5.69 Å². The van der Waals surface area contributed by atoms with Crippen LogP contribution in [-0.2, 0) is 0 Å². The molecule has 0 aliphatic carbocycles. The number of nitrogens with zero attached hydrogens (tertiary/aromatic N) is 5. The number of hydrogen-bond donors (Lipinski definition) is 0. The third kappa shape index (κ3) is 3.76. The minimum Gasteiger partial charge on any atom is -0.309 e. The summed E-state index contributed by atoms with van der Waals surface area (Å²) >= 11 is 0. The minimum absolute atomic E-state index is 0.813. The molecule has 5 nitrogen and oxygen atoms in total. The lowest BCUT2D eigenvalue weighted by atomic mass is 10.0. The van der Waals surface area contributed by atoms with Crippen molar-refractivity contribution < 1.29 is 0 Å². The summed E-state index contributed by atoms with van der Waals surface area (Å²) in [4.78, 5) is 11.0. The van der Waals surface area contributed by atoms with E-state index in [1.807, 2.05) is 12.1 Å². The van der Waals surface area contributed by atoms with Gasteiger partial charge in [-0.1, -0.05) is 115 Å². The average molecular weight is 700 g/mol. The molecule has 8 aromatic carbocycles. The third-order valence-corrected chi connectivity index (χ3v) is 11.7. The molecule has 0 N–H and O–H groups in total. The Morgan fingerprint density at radius 3 is 1.69 bits per heavy atom. The molecular formula is C50H29N5. The number of hydrogen-bond acceptors (Lipinski definition) is 2. The highest BCUT2D eigenvalue weighted by Gasteiger charge is 2.26. The SMILES string of the molecule is c1ccc(-n2c3ccccc3c3ccc(-c4nc5ccccc5nc4-n4c5cccc6c7ccccc7n7c8ccccc8c8ccc4c(c65)c87)cc32)cc1. The Bertz CT molecular complexity index is 3720. The van der Waals surface area contributed by atoms with E-state index >= 15 is 0 Å². The number of aromatic nitrogens is 5. The maximum Gasteiger partial charge on any atom is 0.165 e. The summed E-state index contributed by atoms with van der Waals surface area (Å²) in [7, 11) is 0. The van der Waals surface area contributed by atoms with Gasteiger partial charge in [0.2, 0.25) is 0 Å². The molecule has 0 fully saturated rings. The van der Waals surface area contributed by atoms with E-state index in [2.05, 4.69) is 177 Å². The van der Waals surface area contributed by atoms with Gasteiger partial charge in [-0.15, -0.1) is 0 Å². The molecule has 5 heterocycles. The summed E-state index contributed by atoms with van der Waals surface area (Å²) in [5.74, 6) is 0.813. The molecular weight excluding hydrogens is 671 g/mol. The molecule has 0 saturated heterocycles. The Morgan fingerprint density at radius 2 is 0.909 bits per heavy atom. The van der Waals surface area contributed by atoms with Gasteiger partial charge in [0.05, 0.1) is 49.7 Å². The first kappa shape index (κ1) is 29.0. The maximum atomic E-state index is 5.52. The Kier molecular flexibility index (Phi) is 5.57. The number of para-hydroxylation sites is 6. The van der Waals surface area contributed by atoms with E-state index in [9.17, 15) is 0 Å². The first-order chi connectivity index (χ1) is 27.3. The molecule has 0 amide bonds. The average Bonchev–Trinajstić information content (AvgIpc) is 3.85. The molecule has 0 spiro atoms. The maximum absolute atomic E-state index is 5.52. The Hall–Kier alpha value is -7.50. The first-order valence-electron chi connectivity index (χ1n) is 18.8. The zero-order valence-electron chi connectivity index (χ0n) is 29.5. The standard InChI is InChI=1S/C50H29N5/c1-2-13-31(14-3-1)53-40-21-9-4-15-32(40)35-26-25-30(29-45(35)53)48-50(52-39-20-8-7-19-38(39)51-48)55-43-24-12-18-36-33-16-5-10-22-41(33)54-42-23-11-6-17-34(42)37-27-28-44(55)47(46(36)43)49(37)54/h1-29H. The van der Waals surface area contributed by atoms with Gasteiger partial charge >= 0.3 is 0 Å². The lowest BCUT2D eigenvalue weighted by molar-refractivity contribution is 1.08. The van der Waals surface area contributed by atoms with Gasteiger partial charge in [0.15, 0.2) is 5.82 Å². The third-order valence-electron chi connectivity index (χ3n) is 11.7. The van der Waals surface area contributed by atoms with Gasteiger partial charge in [0.25, 0.3) is 0 Å². The number of benzene rings is 8. The zero-order chi connectivity index (χ0) is 35.8. The predicted octanol–water partition coefficient (Wildman–Crippen LogP) is 12.6. The van der Waals surface area contributed by atoms with Crippen LogP contribution in [-0.4, -0.2) is 23.5 Å². The van der Waals surface area contributed by atoms with Crippen molar-refractivity contribution in [2.75, 3.05) is 0 Å². The zero-order valence-corrected chi connectivity index (χ0v) is 29.5. The largest absolute Gasteiger partial charge is 0.309 e. The molecule has 0 saturated carbocycles. The Labute approximate surface area is 313 Å². The molecule has 5 heteroatoms. The van der Waals surface area contributed by atoms with E-state index in [1.54, 1.807) is 0 Å². The van der Waals surface area contributed by atoms with E-state index in [0.717, 1.165) is 50.3 Å². The van der Waals surface area contributed by atoms with Crippen LogP contribution >= 0.6 is 0 Å². The van der Waals surface area contributed by atoms with Crippen molar-refractivity contribution in [3.05, 3.63) is 176 Å². The van der Waals surface area contributed by atoms with Crippen LogP contribution < -0.4 is 0 Å². The molecule has 5 aromatic heterocycles. The van der Waals surface area contributed by atoms with Crippen LogP contribution in [0.25, 0.3) is 116 Å². The molecule has 254 valence electrons. The van der Waals surface area contributed by atoms with Crippen molar-refractivity contribution in [2.45, 2.75) is 0 Å². The van der Waals surface area contributed by atoms with E-state index in [0.29, 0.717) is 0 Å². The molecule has 55 heavy (non-hydrogen) atoms. The van der Waals surface area contributed by atoms with Gasteiger partial charge in [-0.2, -0.15) is 0 Å². The fraction of sp³-hybridized carbons (Fsp3) is 0. The van der Waals surface area contributed by atoms with Gasteiger partial charge in [-0.25, -0.2) is 9.97 Å². The summed E-state index contributed by atoms with van der Waals surface area (Å²) in [6.07, 6.45) is 0. The molecule has 0 atom stereocenters. The number of fused-ring (bicyclic) bond motifs is 10. The fourth-order valence-electron chi connectivity index (χ4n) is 9.51. The van der Waals surface area contributed by atoms with Crippen molar-refractivity contribution in [2.24, 2.45) is 0 Å². The molecule has 0 aliphatic rings. The van der Waals surface area contributed by atoms with Crippen molar-refractivity contribution in [1.82, 2.24) is 23.5 Å². The smallest absolute Gasteiger partial charge is 0.165 e. The molecule has 0 bridgehead atoms. The van der Waals surface area contributed by atoms with Crippen LogP contribution in [0.1, 0.15) is 0 Å². The van der Waals surface area contributed by atoms with Crippen LogP contribution in [0, 0.1) is 0 Å². The summed E-state index contributed by atoms with van der Waals surface area (Å²) in [5, 5.41) is 9.84. The van der Waals surface area contributed by atoms with E-state index in [4.69, 9.17) is 9.97 Å². The number of rotatable bonds is 3. The summed E-state index contributed by atoms with van der Waals surface area (Å²) < 4.78 is 7.22.